The van der Waals surface area contributed by atoms with Crippen molar-refractivity contribution >= 4 is 11.6 Å². The van der Waals surface area contributed by atoms with Crippen molar-refractivity contribution < 1.29 is 9.47 Å². The largest absolute Gasteiger partial charge is 0.490 e. The summed E-state index contributed by atoms with van der Waals surface area (Å²) in [6.45, 7) is 4.51. The molecule has 0 radical (unpaired) electrons. The zero-order valence-corrected chi connectivity index (χ0v) is 18.4. The van der Waals surface area contributed by atoms with E-state index in [2.05, 4.69) is 30.5 Å². The van der Waals surface area contributed by atoms with Crippen LogP contribution in [0.5, 0.6) is 11.6 Å². The van der Waals surface area contributed by atoms with E-state index in [-0.39, 0.29) is 6.10 Å². The molecule has 4 aromatic heterocycles. The number of ether oxygens (including phenoxy) is 2. The van der Waals surface area contributed by atoms with E-state index in [1.807, 2.05) is 44.9 Å². The number of aromatic nitrogens is 7. The maximum Gasteiger partial charge on any atom is 0.222 e. The summed E-state index contributed by atoms with van der Waals surface area (Å²) in [5.41, 5.74) is 3.63. The SMILES string of the molecule is Cc1cnn(C)c1-c1cnc2cc1O[C@@H](C)CCOc1c(cnn1C)-c1nccc(n1)N2. The Bertz CT molecular complexity index is 1260. The second-order valence-electron chi connectivity index (χ2n) is 7.81. The average Bonchev–Trinajstić information content (AvgIpc) is 3.30. The number of fused-ring (bicyclic) bond motifs is 6. The predicted molar refractivity (Wildman–Crippen MR) is 119 cm³/mol. The maximum atomic E-state index is 6.36. The first kappa shape index (κ1) is 20.0. The fourth-order valence-electron chi connectivity index (χ4n) is 3.75. The minimum atomic E-state index is -0.0915. The number of hydrogen-bond acceptors (Lipinski definition) is 8. The lowest BCUT2D eigenvalue weighted by molar-refractivity contribution is 0.173. The minimum absolute atomic E-state index is 0.0915. The van der Waals surface area contributed by atoms with Crippen molar-refractivity contribution in [3.05, 3.63) is 42.5 Å². The molecule has 5 rings (SSSR count). The normalized spacial score (nSPS) is 15.7. The molecule has 1 aliphatic rings. The van der Waals surface area contributed by atoms with Crippen molar-refractivity contribution in [1.82, 2.24) is 34.5 Å². The molecule has 4 bridgehead atoms. The Balaban J connectivity index is 1.60. The molecular formula is C22H24N8O2. The lowest BCUT2D eigenvalue weighted by atomic mass is 10.1. The van der Waals surface area contributed by atoms with Crippen LogP contribution in [0.1, 0.15) is 18.9 Å². The van der Waals surface area contributed by atoms with Gasteiger partial charge in [0.25, 0.3) is 0 Å². The second-order valence-corrected chi connectivity index (χ2v) is 7.81. The predicted octanol–water partition coefficient (Wildman–Crippen LogP) is 3.27. The molecule has 0 aliphatic carbocycles. The number of hydrogen-bond donors (Lipinski definition) is 1. The first-order valence-electron chi connectivity index (χ1n) is 10.4. The highest BCUT2D eigenvalue weighted by Crippen LogP contribution is 2.35. The molecule has 0 fully saturated rings. The van der Waals surface area contributed by atoms with Gasteiger partial charge in [-0.3, -0.25) is 4.68 Å². The van der Waals surface area contributed by atoms with Crippen LogP contribution in [-0.4, -0.2) is 47.2 Å². The van der Waals surface area contributed by atoms with E-state index in [1.165, 1.54) is 0 Å². The summed E-state index contributed by atoms with van der Waals surface area (Å²) in [7, 11) is 3.75. The van der Waals surface area contributed by atoms with Gasteiger partial charge in [-0.25, -0.2) is 19.6 Å². The Morgan fingerprint density at radius 3 is 2.69 bits per heavy atom. The van der Waals surface area contributed by atoms with Gasteiger partial charge in [0.05, 0.1) is 36.4 Å². The molecule has 1 atom stereocenters. The maximum absolute atomic E-state index is 6.36. The van der Waals surface area contributed by atoms with Gasteiger partial charge in [0, 0.05) is 39.0 Å². The standard InChI is InChI=1S/C22H24N8O2/c1-13-10-25-29(3)20(13)15-11-24-19-9-17(15)32-14(2)6-8-31-22-16(12-26-30(22)4)21-23-7-5-18(27-19)28-21/h5,7,9-12,14H,6,8H2,1-4H3,(H,23,24,27,28)/t14-/m0/s1. The molecule has 0 saturated heterocycles. The molecule has 0 amide bonds. The number of aryl methyl sites for hydroxylation is 3. The average molecular weight is 432 g/mol. The molecule has 10 nitrogen and oxygen atoms in total. The molecule has 0 unspecified atom stereocenters. The summed E-state index contributed by atoms with van der Waals surface area (Å²) in [5, 5.41) is 11.9. The van der Waals surface area contributed by atoms with Gasteiger partial charge in [0.2, 0.25) is 5.88 Å². The third-order valence-corrected chi connectivity index (χ3v) is 5.37. The zero-order valence-electron chi connectivity index (χ0n) is 18.4. The van der Waals surface area contributed by atoms with Gasteiger partial charge in [-0.2, -0.15) is 10.2 Å². The third-order valence-electron chi connectivity index (χ3n) is 5.37. The summed E-state index contributed by atoms with van der Waals surface area (Å²) < 4.78 is 15.9. The molecular weight excluding hydrogens is 408 g/mol. The molecule has 5 heterocycles. The Labute approximate surface area is 185 Å². The number of nitrogens with zero attached hydrogens (tertiary/aromatic N) is 7. The molecule has 1 aliphatic heterocycles. The Hall–Kier alpha value is -3.95. The first-order valence-corrected chi connectivity index (χ1v) is 10.4. The van der Waals surface area contributed by atoms with E-state index in [9.17, 15) is 0 Å². The fourth-order valence-corrected chi connectivity index (χ4v) is 3.75. The molecule has 0 aromatic carbocycles. The van der Waals surface area contributed by atoms with Gasteiger partial charge in [-0.05, 0) is 25.5 Å². The monoisotopic (exact) mass is 432 g/mol. The number of rotatable bonds is 1. The lowest BCUT2D eigenvalue weighted by Gasteiger charge is -2.20. The summed E-state index contributed by atoms with van der Waals surface area (Å²) in [5.74, 6) is 3.10. The second kappa shape index (κ2) is 7.95. The summed E-state index contributed by atoms with van der Waals surface area (Å²) >= 11 is 0. The van der Waals surface area contributed by atoms with Gasteiger partial charge < -0.3 is 14.8 Å². The van der Waals surface area contributed by atoms with Crippen LogP contribution in [0.15, 0.2) is 36.9 Å². The molecule has 4 aromatic rings. The smallest absolute Gasteiger partial charge is 0.222 e. The van der Waals surface area contributed by atoms with Gasteiger partial charge in [-0.1, -0.05) is 0 Å². The van der Waals surface area contributed by atoms with Crippen molar-refractivity contribution in [3.8, 4) is 34.3 Å². The Kier molecular flexibility index (Phi) is 4.96. The van der Waals surface area contributed by atoms with Crippen molar-refractivity contribution in [2.45, 2.75) is 26.4 Å². The van der Waals surface area contributed by atoms with Gasteiger partial charge in [-0.15, -0.1) is 0 Å². The Morgan fingerprint density at radius 1 is 1.03 bits per heavy atom. The van der Waals surface area contributed by atoms with Crippen molar-refractivity contribution in [3.63, 3.8) is 0 Å². The highest BCUT2D eigenvalue weighted by Gasteiger charge is 2.20. The van der Waals surface area contributed by atoms with Gasteiger partial charge >= 0.3 is 0 Å². The minimum Gasteiger partial charge on any atom is -0.490 e. The van der Waals surface area contributed by atoms with E-state index in [0.29, 0.717) is 42.1 Å². The van der Waals surface area contributed by atoms with Crippen molar-refractivity contribution in [2.75, 3.05) is 11.9 Å². The van der Waals surface area contributed by atoms with Crippen LogP contribution in [0.2, 0.25) is 0 Å². The number of anilines is 2. The van der Waals surface area contributed by atoms with E-state index in [1.54, 1.807) is 29.3 Å². The van der Waals surface area contributed by atoms with Crippen molar-refractivity contribution in [2.24, 2.45) is 14.1 Å². The lowest BCUT2D eigenvalue weighted by Crippen LogP contribution is -2.17. The molecule has 1 N–H and O–H groups in total. The highest BCUT2D eigenvalue weighted by molar-refractivity contribution is 5.72. The van der Waals surface area contributed by atoms with Crippen LogP contribution in [0.3, 0.4) is 0 Å². The summed E-state index contributed by atoms with van der Waals surface area (Å²) in [4.78, 5) is 13.7. The molecule has 164 valence electrons. The molecule has 32 heavy (non-hydrogen) atoms. The fraction of sp³-hybridized carbons (Fsp3) is 0.318. The summed E-state index contributed by atoms with van der Waals surface area (Å²) in [6.07, 6.45) is 7.63. The molecule has 0 spiro atoms. The van der Waals surface area contributed by atoms with Crippen LogP contribution in [0.25, 0.3) is 22.6 Å². The van der Waals surface area contributed by atoms with Gasteiger partial charge in [0.15, 0.2) is 5.82 Å². The van der Waals surface area contributed by atoms with Crippen LogP contribution < -0.4 is 14.8 Å². The van der Waals surface area contributed by atoms with Crippen LogP contribution >= 0.6 is 0 Å². The van der Waals surface area contributed by atoms with Crippen LogP contribution in [0, 0.1) is 6.92 Å². The van der Waals surface area contributed by atoms with Crippen molar-refractivity contribution in [1.29, 1.82) is 0 Å². The quantitative estimate of drug-likeness (QED) is 0.489. The third kappa shape index (κ3) is 3.64. The van der Waals surface area contributed by atoms with E-state index < -0.39 is 0 Å². The molecule has 0 saturated carbocycles. The van der Waals surface area contributed by atoms with E-state index in [4.69, 9.17) is 9.47 Å². The molecule has 10 heteroatoms. The summed E-state index contributed by atoms with van der Waals surface area (Å²) in [6, 6.07) is 3.68. The highest BCUT2D eigenvalue weighted by atomic mass is 16.5. The Morgan fingerprint density at radius 2 is 1.88 bits per heavy atom. The first-order chi connectivity index (χ1) is 15.5. The zero-order chi connectivity index (χ0) is 22.2. The van der Waals surface area contributed by atoms with Crippen LogP contribution in [-0.2, 0) is 14.1 Å². The van der Waals surface area contributed by atoms with Crippen LogP contribution in [0.4, 0.5) is 11.6 Å². The number of nitrogens with one attached hydrogen (secondary N) is 1. The topological polar surface area (TPSA) is 105 Å². The van der Waals surface area contributed by atoms with Gasteiger partial charge in [0.1, 0.15) is 22.9 Å². The number of pyridine rings is 1. The van der Waals surface area contributed by atoms with E-state index in [0.717, 1.165) is 22.4 Å². The van der Waals surface area contributed by atoms with E-state index >= 15 is 0 Å².